The zero-order chi connectivity index (χ0) is 8.97. The Morgan fingerprint density at radius 3 is 2.50 bits per heavy atom. The van der Waals surface area contributed by atoms with Crippen LogP contribution < -0.4 is 5.32 Å². The molecule has 0 aromatic heterocycles. The molecular formula is C8H16N2O2. The Morgan fingerprint density at radius 1 is 1.50 bits per heavy atom. The summed E-state index contributed by atoms with van der Waals surface area (Å²) in [7, 11) is 3.15. The molecule has 1 saturated carbocycles. The third-order valence-corrected chi connectivity index (χ3v) is 2.27. The van der Waals surface area contributed by atoms with Gasteiger partial charge in [-0.05, 0) is 12.8 Å². The van der Waals surface area contributed by atoms with Crippen LogP contribution in [0.3, 0.4) is 0 Å². The number of carbonyl (C=O) groups excluding carboxylic acids is 1. The minimum Gasteiger partial charge on any atom is -0.339 e. The fraction of sp³-hybridized carbons (Fsp3) is 0.875. The molecule has 0 aliphatic heterocycles. The monoisotopic (exact) mass is 172 g/mol. The van der Waals surface area contributed by atoms with E-state index in [0.29, 0.717) is 0 Å². The molecule has 70 valence electrons. The van der Waals surface area contributed by atoms with Crippen LogP contribution in [-0.2, 0) is 4.84 Å². The molecule has 4 nitrogen and oxygen atoms in total. The number of rotatable bonds is 2. The van der Waals surface area contributed by atoms with Gasteiger partial charge in [-0.1, -0.05) is 12.8 Å². The van der Waals surface area contributed by atoms with Crippen LogP contribution in [0.1, 0.15) is 25.7 Å². The first-order valence-corrected chi connectivity index (χ1v) is 4.34. The van der Waals surface area contributed by atoms with Crippen LogP contribution in [0.25, 0.3) is 0 Å². The second-order valence-electron chi connectivity index (χ2n) is 3.00. The van der Waals surface area contributed by atoms with E-state index < -0.39 is 0 Å². The molecule has 0 spiro atoms. The van der Waals surface area contributed by atoms with Gasteiger partial charge in [-0.25, -0.2) is 9.86 Å². The van der Waals surface area contributed by atoms with Crippen molar-refractivity contribution in [1.82, 2.24) is 10.4 Å². The summed E-state index contributed by atoms with van der Waals surface area (Å²) in [6.07, 6.45) is 4.51. The van der Waals surface area contributed by atoms with Gasteiger partial charge in [-0.2, -0.15) is 0 Å². The molecule has 2 amide bonds. The van der Waals surface area contributed by atoms with Crippen molar-refractivity contribution in [3.63, 3.8) is 0 Å². The van der Waals surface area contributed by atoms with Gasteiger partial charge in [0, 0.05) is 7.05 Å². The Bertz CT molecular complexity index is 155. The summed E-state index contributed by atoms with van der Waals surface area (Å²) in [6, 6.07) is 0.124. The number of nitrogens with one attached hydrogen (secondary N) is 1. The van der Waals surface area contributed by atoms with Crippen molar-refractivity contribution >= 4 is 6.03 Å². The van der Waals surface area contributed by atoms with E-state index in [0.717, 1.165) is 12.8 Å². The molecule has 1 aliphatic carbocycles. The quantitative estimate of drug-likeness (QED) is 0.634. The number of nitrogens with zero attached hydrogens (tertiary/aromatic N) is 1. The summed E-state index contributed by atoms with van der Waals surface area (Å²) in [5.74, 6) is 0. The Kier molecular flexibility index (Phi) is 3.34. The van der Waals surface area contributed by atoms with E-state index in [2.05, 4.69) is 5.32 Å². The topological polar surface area (TPSA) is 41.6 Å². The molecule has 0 saturated heterocycles. The normalized spacial score (nSPS) is 17.8. The molecule has 1 rings (SSSR count). The SMILES string of the molecule is CNC(=O)N(OC)C1CCCC1. The van der Waals surface area contributed by atoms with E-state index in [1.807, 2.05) is 0 Å². The minimum atomic E-state index is -0.149. The van der Waals surface area contributed by atoms with Crippen LogP contribution in [0.15, 0.2) is 0 Å². The highest BCUT2D eigenvalue weighted by atomic mass is 16.7. The molecule has 4 heteroatoms. The summed E-state index contributed by atoms with van der Waals surface area (Å²) in [4.78, 5) is 16.2. The van der Waals surface area contributed by atoms with E-state index in [-0.39, 0.29) is 12.1 Å². The highest BCUT2D eigenvalue weighted by Crippen LogP contribution is 2.23. The Morgan fingerprint density at radius 2 is 2.08 bits per heavy atom. The molecule has 1 fully saturated rings. The zero-order valence-electron chi connectivity index (χ0n) is 7.67. The second kappa shape index (κ2) is 4.30. The predicted octanol–water partition coefficient (Wildman–Crippen LogP) is 1.13. The van der Waals surface area contributed by atoms with Crippen LogP contribution >= 0.6 is 0 Å². The molecule has 0 radical (unpaired) electrons. The van der Waals surface area contributed by atoms with Gasteiger partial charge in [0.2, 0.25) is 0 Å². The average molecular weight is 172 g/mol. The lowest BCUT2D eigenvalue weighted by Crippen LogP contribution is -2.43. The van der Waals surface area contributed by atoms with Crippen molar-refractivity contribution in [2.45, 2.75) is 31.7 Å². The third kappa shape index (κ3) is 1.88. The first kappa shape index (κ1) is 9.32. The van der Waals surface area contributed by atoms with Crippen molar-refractivity contribution in [2.24, 2.45) is 0 Å². The predicted molar refractivity (Wildman–Crippen MR) is 45.6 cm³/mol. The summed E-state index contributed by atoms with van der Waals surface area (Å²) < 4.78 is 0. The average Bonchev–Trinajstić information content (AvgIpc) is 2.58. The lowest BCUT2D eigenvalue weighted by atomic mass is 10.2. The Balaban J connectivity index is 2.48. The summed E-state index contributed by atoms with van der Waals surface area (Å²) in [5.41, 5.74) is 0. The Labute approximate surface area is 72.8 Å². The molecule has 0 heterocycles. The van der Waals surface area contributed by atoms with Gasteiger partial charge in [0.25, 0.3) is 0 Å². The van der Waals surface area contributed by atoms with Gasteiger partial charge in [0.05, 0.1) is 13.2 Å². The van der Waals surface area contributed by atoms with Crippen LogP contribution in [-0.4, -0.2) is 31.3 Å². The van der Waals surface area contributed by atoms with Crippen LogP contribution in [0, 0.1) is 0 Å². The molecule has 0 atom stereocenters. The first-order valence-electron chi connectivity index (χ1n) is 4.34. The minimum absolute atomic E-state index is 0.149. The highest BCUT2D eigenvalue weighted by Gasteiger charge is 2.26. The molecular weight excluding hydrogens is 156 g/mol. The molecule has 1 N–H and O–H groups in total. The van der Waals surface area contributed by atoms with Gasteiger partial charge in [0.15, 0.2) is 0 Å². The first-order chi connectivity index (χ1) is 5.79. The maximum atomic E-state index is 11.2. The summed E-state index contributed by atoms with van der Waals surface area (Å²) >= 11 is 0. The van der Waals surface area contributed by atoms with Gasteiger partial charge in [0.1, 0.15) is 0 Å². The lowest BCUT2D eigenvalue weighted by molar-refractivity contribution is -0.114. The van der Waals surface area contributed by atoms with Crippen molar-refractivity contribution in [2.75, 3.05) is 14.2 Å². The van der Waals surface area contributed by atoms with E-state index in [1.54, 1.807) is 7.05 Å². The summed E-state index contributed by atoms with van der Waals surface area (Å²) in [6.45, 7) is 0. The van der Waals surface area contributed by atoms with Gasteiger partial charge < -0.3 is 5.32 Å². The van der Waals surface area contributed by atoms with Crippen LogP contribution in [0.5, 0.6) is 0 Å². The zero-order valence-corrected chi connectivity index (χ0v) is 7.67. The number of hydroxylamine groups is 2. The van der Waals surface area contributed by atoms with E-state index >= 15 is 0 Å². The van der Waals surface area contributed by atoms with E-state index in [9.17, 15) is 4.79 Å². The molecule has 0 aromatic carbocycles. The molecule has 0 unspecified atom stereocenters. The number of amides is 2. The van der Waals surface area contributed by atoms with E-state index in [1.165, 1.54) is 25.0 Å². The number of hydrogen-bond acceptors (Lipinski definition) is 2. The second-order valence-corrected chi connectivity index (χ2v) is 3.00. The van der Waals surface area contributed by atoms with Gasteiger partial charge in [-0.15, -0.1) is 0 Å². The number of carbonyl (C=O) groups is 1. The summed E-state index contributed by atoms with van der Waals surface area (Å²) in [5, 5.41) is 3.99. The largest absolute Gasteiger partial charge is 0.341 e. The van der Waals surface area contributed by atoms with Crippen molar-refractivity contribution in [1.29, 1.82) is 0 Å². The van der Waals surface area contributed by atoms with Crippen molar-refractivity contribution in [3.05, 3.63) is 0 Å². The third-order valence-electron chi connectivity index (χ3n) is 2.27. The molecule has 0 bridgehead atoms. The maximum absolute atomic E-state index is 11.2. The molecule has 12 heavy (non-hydrogen) atoms. The smallest absolute Gasteiger partial charge is 0.339 e. The fourth-order valence-electron chi connectivity index (χ4n) is 1.65. The number of hydrogen-bond donors (Lipinski definition) is 1. The Hall–Kier alpha value is -0.770. The number of urea groups is 1. The molecule has 1 aliphatic rings. The van der Waals surface area contributed by atoms with Crippen LogP contribution in [0.2, 0.25) is 0 Å². The van der Waals surface area contributed by atoms with Gasteiger partial charge in [-0.3, -0.25) is 4.84 Å². The standard InChI is InChI=1S/C8H16N2O2/c1-9-8(11)10(12-2)7-5-3-4-6-7/h7H,3-6H2,1-2H3,(H,9,11). The maximum Gasteiger partial charge on any atom is 0.341 e. The fourth-order valence-corrected chi connectivity index (χ4v) is 1.65. The van der Waals surface area contributed by atoms with Crippen LogP contribution in [0.4, 0.5) is 4.79 Å². The van der Waals surface area contributed by atoms with Gasteiger partial charge >= 0.3 is 6.03 Å². The highest BCUT2D eigenvalue weighted by molar-refractivity contribution is 5.72. The lowest BCUT2D eigenvalue weighted by Gasteiger charge is -2.25. The van der Waals surface area contributed by atoms with Crippen molar-refractivity contribution < 1.29 is 9.63 Å². The van der Waals surface area contributed by atoms with E-state index in [4.69, 9.17) is 4.84 Å². The van der Waals surface area contributed by atoms with Crippen molar-refractivity contribution in [3.8, 4) is 0 Å². The molecule has 0 aromatic rings.